The van der Waals surface area contributed by atoms with E-state index in [4.69, 9.17) is 0 Å². The number of hydrogen-bond donors (Lipinski definition) is 1. The number of aromatic amines is 1. The quantitative estimate of drug-likeness (QED) is 0.664. The van der Waals surface area contributed by atoms with Crippen LogP contribution in [0.1, 0.15) is 43.6 Å². The normalized spacial score (nSPS) is 15.8. The molecule has 3 aromatic rings. The first kappa shape index (κ1) is 16.4. The Labute approximate surface area is 151 Å². The number of rotatable bonds is 2. The minimum absolute atomic E-state index is 0.0653. The Balaban J connectivity index is 1.80. The van der Waals surface area contributed by atoms with Gasteiger partial charge in [0.2, 0.25) is 0 Å². The number of fused-ring (bicyclic) bond motifs is 1. The number of benzene rings is 1. The summed E-state index contributed by atoms with van der Waals surface area (Å²) in [5.74, 6) is -1.18. The highest BCUT2D eigenvalue weighted by molar-refractivity contribution is 9.10. The van der Waals surface area contributed by atoms with Crippen LogP contribution in [-0.4, -0.2) is 14.6 Å². The van der Waals surface area contributed by atoms with E-state index in [-0.39, 0.29) is 28.3 Å². The van der Waals surface area contributed by atoms with Crippen LogP contribution in [0.4, 0.5) is 8.78 Å². The van der Waals surface area contributed by atoms with E-state index in [0.29, 0.717) is 10.3 Å². The van der Waals surface area contributed by atoms with Crippen molar-refractivity contribution in [1.29, 1.82) is 0 Å². The molecule has 0 atom stereocenters. The summed E-state index contributed by atoms with van der Waals surface area (Å²) in [5, 5.41) is 2.79. The van der Waals surface area contributed by atoms with Gasteiger partial charge in [-0.1, -0.05) is 19.3 Å². The summed E-state index contributed by atoms with van der Waals surface area (Å²) < 4.78 is 31.1. The molecule has 0 radical (unpaired) electrons. The Morgan fingerprint density at radius 2 is 1.76 bits per heavy atom. The molecule has 0 unspecified atom stereocenters. The fraction of sp³-hybridized carbons (Fsp3) is 0.333. The van der Waals surface area contributed by atoms with Crippen LogP contribution in [0.2, 0.25) is 0 Å². The molecule has 1 saturated carbocycles. The van der Waals surface area contributed by atoms with Gasteiger partial charge in [-0.25, -0.2) is 18.3 Å². The molecule has 7 heteroatoms. The van der Waals surface area contributed by atoms with Crippen molar-refractivity contribution in [2.45, 2.75) is 38.0 Å². The Hall–Kier alpha value is -2.02. The molecule has 1 fully saturated rings. The van der Waals surface area contributed by atoms with Crippen LogP contribution in [0.15, 0.2) is 33.7 Å². The van der Waals surface area contributed by atoms with Crippen LogP contribution < -0.4 is 5.56 Å². The molecular formula is C18H16BrF2N3O. The van der Waals surface area contributed by atoms with Gasteiger partial charge in [0.25, 0.3) is 5.56 Å². The lowest BCUT2D eigenvalue weighted by Gasteiger charge is -2.23. The van der Waals surface area contributed by atoms with Crippen LogP contribution in [-0.2, 0) is 0 Å². The van der Waals surface area contributed by atoms with E-state index in [1.165, 1.54) is 22.7 Å². The highest BCUT2D eigenvalue weighted by Crippen LogP contribution is 2.36. The molecule has 0 bridgehead atoms. The molecule has 1 aliphatic rings. The summed E-state index contributed by atoms with van der Waals surface area (Å²) in [6, 6.07) is 5.47. The maximum atomic E-state index is 14.6. The smallest absolute Gasteiger partial charge is 0.273 e. The lowest BCUT2D eigenvalue weighted by Crippen LogP contribution is -2.14. The summed E-state index contributed by atoms with van der Waals surface area (Å²) in [7, 11) is 0. The fourth-order valence-corrected chi connectivity index (χ4v) is 4.01. The first-order chi connectivity index (χ1) is 12.0. The van der Waals surface area contributed by atoms with Gasteiger partial charge in [-0.05, 0) is 46.8 Å². The van der Waals surface area contributed by atoms with Crippen molar-refractivity contribution >= 4 is 21.6 Å². The van der Waals surface area contributed by atoms with Gasteiger partial charge in [-0.2, -0.15) is 0 Å². The van der Waals surface area contributed by atoms with Crippen LogP contribution in [0.25, 0.3) is 16.9 Å². The summed E-state index contributed by atoms with van der Waals surface area (Å²) in [6.45, 7) is 0. The highest BCUT2D eigenvalue weighted by atomic mass is 79.9. The molecule has 0 aliphatic heterocycles. The maximum absolute atomic E-state index is 14.6. The largest absolute Gasteiger partial charge is 0.283 e. The second-order valence-electron chi connectivity index (χ2n) is 6.47. The van der Waals surface area contributed by atoms with E-state index in [9.17, 15) is 13.6 Å². The van der Waals surface area contributed by atoms with Crippen LogP contribution in [0.3, 0.4) is 0 Å². The zero-order valence-electron chi connectivity index (χ0n) is 13.4. The second kappa shape index (κ2) is 6.37. The summed E-state index contributed by atoms with van der Waals surface area (Å²) in [6.07, 6.45) is 4.76. The number of nitrogens with zero attached hydrogens (tertiary/aromatic N) is 2. The summed E-state index contributed by atoms with van der Waals surface area (Å²) in [4.78, 5) is 16.5. The zero-order chi connectivity index (χ0) is 17.6. The van der Waals surface area contributed by atoms with Gasteiger partial charge >= 0.3 is 0 Å². The maximum Gasteiger partial charge on any atom is 0.273 e. The third kappa shape index (κ3) is 3.01. The predicted molar refractivity (Wildman–Crippen MR) is 94.7 cm³/mol. The molecule has 1 aliphatic carbocycles. The molecule has 4 rings (SSSR count). The molecule has 1 N–H and O–H groups in total. The molecule has 2 heterocycles. The van der Waals surface area contributed by atoms with Crippen LogP contribution >= 0.6 is 15.9 Å². The Morgan fingerprint density at radius 3 is 2.44 bits per heavy atom. The van der Waals surface area contributed by atoms with Gasteiger partial charge in [0.05, 0.1) is 5.69 Å². The molecule has 1 aromatic carbocycles. The third-order valence-corrected chi connectivity index (χ3v) is 5.21. The standard InChI is InChI=1S/C18H16BrF2N3O/c19-15-9-16-22-14(8-17(25)24(16)23-15)11-6-12(20)18(13(21)7-11)10-4-2-1-3-5-10/h6-10,23H,1-5H2. The average Bonchev–Trinajstić information content (AvgIpc) is 2.96. The molecule has 25 heavy (non-hydrogen) atoms. The zero-order valence-corrected chi connectivity index (χ0v) is 14.9. The minimum Gasteiger partial charge on any atom is -0.283 e. The van der Waals surface area contributed by atoms with Gasteiger partial charge < -0.3 is 0 Å². The lowest BCUT2D eigenvalue weighted by atomic mass is 9.83. The SMILES string of the molecule is O=c1cc(-c2cc(F)c(C3CCCCC3)c(F)c2)nc2cc(Br)[nH]n12. The Bertz CT molecular complexity index is 982. The molecule has 0 saturated heterocycles. The van der Waals surface area contributed by atoms with Gasteiger partial charge in [0.1, 0.15) is 16.2 Å². The number of halogens is 3. The number of aromatic nitrogens is 3. The van der Waals surface area contributed by atoms with E-state index >= 15 is 0 Å². The van der Waals surface area contributed by atoms with Gasteiger partial charge in [0.15, 0.2) is 5.65 Å². The van der Waals surface area contributed by atoms with E-state index < -0.39 is 11.6 Å². The van der Waals surface area contributed by atoms with Gasteiger partial charge in [0, 0.05) is 23.3 Å². The molecular weight excluding hydrogens is 392 g/mol. The van der Waals surface area contributed by atoms with Gasteiger partial charge in [-0.3, -0.25) is 9.89 Å². The van der Waals surface area contributed by atoms with Crippen molar-refractivity contribution in [3.8, 4) is 11.3 Å². The fourth-order valence-electron chi connectivity index (χ4n) is 3.62. The minimum atomic E-state index is -0.556. The van der Waals surface area contributed by atoms with Crippen molar-refractivity contribution in [3.05, 3.63) is 56.4 Å². The summed E-state index contributed by atoms with van der Waals surface area (Å²) in [5.41, 5.74) is 0.732. The monoisotopic (exact) mass is 407 g/mol. The number of hydrogen-bond acceptors (Lipinski definition) is 2. The Kier molecular flexibility index (Phi) is 4.19. The lowest BCUT2D eigenvalue weighted by molar-refractivity contribution is 0.413. The van der Waals surface area contributed by atoms with Gasteiger partial charge in [-0.15, -0.1) is 0 Å². The van der Waals surface area contributed by atoms with E-state index in [1.807, 2.05) is 0 Å². The first-order valence-electron chi connectivity index (χ1n) is 8.30. The first-order valence-corrected chi connectivity index (χ1v) is 9.10. The van der Waals surface area contributed by atoms with Crippen LogP contribution in [0.5, 0.6) is 0 Å². The second-order valence-corrected chi connectivity index (χ2v) is 7.32. The van der Waals surface area contributed by atoms with E-state index in [2.05, 4.69) is 26.0 Å². The van der Waals surface area contributed by atoms with Crippen LogP contribution in [0, 0.1) is 11.6 Å². The highest BCUT2D eigenvalue weighted by Gasteiger charge is 2.23. The van der Waals surface area contributed by atoms with Crippen molar-refractivity contribution in [1.82, 2.24) is 14.6 Å². The van der Waals surface area contributed by atoms with Crippen molar-refractivity contribution in [2.24, 2.45) is 0 Å². The third-order valence-electron chi connectivity index (χ3n) is 4.81. The van der Waals surface area contributed by atoms with Crippen molar-refractivity contribution < 1.29 is 8.78 Å². The summed E-state index contributed by atoms with van der Waals surface area (Å²) >= 11 is 3.24. The molecule has 0 amide bonds. The molecule has 0 spiro atoms. The molecule has 2 aromatic heterocycles. The predicted octanol–water partition coefficient (Wildman–Crippen LogP) is 4.78. The van der Waals surface area contributed by atoms with E-state index in [0.717, 1.165) is 32.1 Å². The topological polar surface area (TPSA) is 50.2 Å². The van der Waals surface area contributed by atoms with Crippen molar-refractivity contribution in [3.63, 3.8) is 0 Å². The number of H-pyrrole nitrogens is 1. The Morgan fingerprint density at radius 1 is 1.08 bits per heavy atom. The van der Waals surface area contributed by atoms with Crippen molar-refractivity contribution in [2.75, 3.05) is 0 Å². The average molecular weight is 408 g/mol. The van der Waals surface area contributed by atoms with E-state index in [1.54, 1.807) is 6.07 Å². The number of nitrogens with one attached hydrogen (secondary N) is 1. The molecule has 130 valence electrons. The molecule has 4 nitrogen and oxygen atoms in total.